The van der Waals surface area contributed by atoms with Crippen LogP contribution in [-0.4, -0.2) is 33.7 Å². The number of thiazole rings is 1. The fraction of sp³-hybridized carbons (Fsp3) is 0.105. The monoisotopic (exact) mass is 410 g/mol. The summed E-state index contributed by atoms with van der Waals surface area (Å²) < 4.78 is 12.1. The van der Waals surface area contributed by atoms with Crippen molar-refractivity contribution in [2.24, 2.45) is 0 Å². The first-order valence-corrected chi connectivity index (χ1v) is 9.20. The van der Waals surface area contributed by atoms with E-state index in [-0.39, 0.29) is 11.2 Å². The number of non-ortho nitro benzene ring substituents is 1. The second kappa shape index (κ2) is 7.32. The maximum Gasteiger partial charge on any atom is 0.291 e. The number of fused-ring (bicyclic) bond motifs is 1. The van der Waals surface area contributed by atoms with Crippen molar-refractivity contribution in [3.05, 3.63) is 73.0 Å². The first-order valence-electron chi connectivity index (χ1n) is 8.38. The van der Waals surface area contributed by atoms with E-state index < -0.39 is 4.92 Å². The molecule has 4 rings (SSSR count). The number of hydrogen-bond acceptors (Lipinski definition) is 8. The third-order valence-electron chi connectivity index (χ3n) is 4.20. The molecule has 0 aliphatic carbocycles. The molecule has 146 valence electrons. The number of aromatic nitrogens is 3. The minimum Gasteiger partial charge on any atom is -0.493 e. The molecule has 9 nitrogen and oxygen atoms in total. The highest BCUT2D eigenvalue weighted by atomic mass is 32.1. The molecule has 0 saturated carbocycles. The van der Waals surface area contributed by atoms with Gasteiger partial charge in [0, 0.05) is 17.7 Å². The average Bonchev–Trinajstić information content (AvgIpc) is 3.27. The van der Waals surface area contributed by atoms with Gasteiger partial charge in [0.25, 0.3) is 11.2 Å². The summed E-state index contributed by atoms with van der Waals surface area (Å²) >= 11 is 1.16. The number of nitro groups is 1. The first kappa shape index (κ1) is 18.6. The number of nitro benzene ring substituents is 1. The molecule has 2 aromatic heterocycles. The van der Waals surface area contributed by atoms with Crippen molar-refractivity contribution in [1.82, 2.24) is 14.6 Å². The van der Waals surface area contributed by atoms with E-state index in [0.717, 1.165) is 11.3 Å². The molecule has 0 spiro atoms. The van der Waals surface area contributed by atoms with Crippen molar-refractivity contribution in [3.8, 4) is 22.9 Å². The molecule has 0 radical (unpaired) electrons. The van der Waals surface area contributed by atoms with E-state index in [1.165, 1.54) is 23.8 Å². The van der Waals surface area contributed by atoms with Crippen molar-refractivity contribution < 1.29 is 14.4 Å². The smallest absolute Gasteiger partial charge is 0.291 e. The van der Waals surface area contributed by atoms with Crippen molar-refractivity contribution >= 4 is 28.1 Å². The highest BCUT2D eigenvalue weighted by Gasteiger charge is 2.14. The van der Waals surface area contributed by atoms with Crippen molar-refractivity contribution in [3.63, 3.8) is 0 Å². The van der Waals surface area contributed by atoms with Crippen LogP contribution in [0.2, 0.25) is 0 Å². The van der Waals surface area contributed by atoms with E-state index in [4.69, 9.17) is 9.47 Å². The molecule has 2 heterocycles. The van der Waals surface area contributed by atoms with Gasteiger partial charge < -0.3 is 9.47 Å². The van der Waals surface area contributed by atoms with E-state index in [1.54, 1.807) is 43.5 Å². The minimum atomic E-state index is -0.479. The number of benzene rings is 2. The molecule has 0 amide bonds. The van der Waals surface area contributed by atoms with E-state index in [1.807, 2.05) is 0 Å². The third-order valence-corrected chi connectivity index (χ3v) is 5.16. The molecular formula is C19H14N4O5S. The molecular weight excluding hydrogens is 396 g/mol. The Bertz CT molecular complexity index is 1340. The van der Waals surface area contributed by atoms with Gasteiger partial charge in [0.1, 0.15) is 0 Å². The van der Waals surface area contributed by atoms with Gasteiger partial charge in [-0.15, -0.1) is 5.10 Å². The van der Waals surface area contributed by atoms with Crippen LogP contribution >= 0.6 is 11.3 Å². The van der Waals surface area contributed by atoms with Crippen LogP contribution in [0.25, 0.3) is 22.4 Å². The van der Waals surface area contributed by atoms with E-state index in [0.29, 0.717) is 37.9 Å². The van der Waals surface area contributed by atoms with Crippen molar-refractivity contribution in [2.45, 2.75) is 0 Å². The van der Waals surface area contributed by atoms with Gasteiger partial charge in [0.15, 0.2) is 17.3 Å². The first-order chi connectivity index (χ1) is 14.0. The Labute approximate surface area is 167 Å². The van der Waals surface area contributed by atoms with E-state index >= 15 is 0 Å². The SMILES string of the molecule is COc1ccc(-c2nc3sc(=Cc4cccc([N+](=O)[O-])c4)c(=O)n3n2)cc1OC. The lowest BCUT2D eigenvalue weighted by atomic mass is 10.2. The number of ether oxygens (including phenoxy) is 2. The molecule has 0 N–H and O–H groups in total. The van der Waals surface area contributed by atoms with Crippen LogP contribution in [-0.2, 0) is 0 Å². The Morgan fingerprint density at radius 2 is 1.93 bits per heavy atom. The predicted octanol–water partition coefficient (Wildman–Crippen LogP) is 2.29. The fourth-order valence-electron chi connectivity index (χ4n) is 2.81. The molecule has 0 aliphatic heterocycles. The molecule has 29 heavy (non-hydrogen) atoms. The lowest BCUT2D eigenvalue weighted by Crippen LogP contribution is -2.23. The summed E-state index contributed by atoms with van der Waals surface area (Å²) in [6.07, 6.45) is 1.59. The fourth-order valence-corrected chi connectivity index (χ4v) is 3.72. The predicted molar refractivity (Wildman–Crippen MR) is 108 cm³/mol. The zero-order chi connectivity index (χ0) is 20.5. The molecule has 0 atom stereocenters. The van der Waals surface area contributed by atoms with Gasteiger partial charge in [0.05, 0.1) is 23.7 Å². The number of methoxy groups -OCH3 is 2. The normalized spacial score (nSPS) is 11.7. The van der Waals surface area contributed by atoms with Crippen LogP contribution in [0.3, 0.4) is 0 Å². The highest BCUT2D eigenvalue weighted by molar-refractivity contribution is 7.15. The van der Waals surface area contributed by atoms with Gasteiger partial charge in [-0.1, -0.05) is 23.5 Å². The number of nitrogens with zero attached hydrogens (tertiary/aromatic N) is 4. The second-order valence-electron chi connectivity index (χ2n) is 5.97. The van der Waals surface area contributed by atoms with Crippen molar-refractivity contribution in [2.75, 3.05) is 14.2 Å². The summed E-state index contributed by atoms with van der Waals surface area (Å²) in [5.74, 6) is 1.50. The summed E-state index contributed by atoms with van der Waals surface area (Å²) in [4.78, 5) is 28.0. The minimum absolute atomic E-state index is 0.0404. The second-order valence-corrected chi connectivity index (χ2v) is 6.98. The van der Waals surface area contributed by atoms with Crippen LogP contribution in [0.5, 0.6) is 11.5 Å². The standard InChI is InChI=1S/C19H14N4O5S/c1-27-14-7-6-12(10-15(14)28-2)17-20-19-22(21-17)18(24)16(29-19)9-11-4-3-5-13(8-11)23(25)26/h3-10H,1-2H3. The molecule has 2 aromatic carbocycles. The van der Waals surface area contributed by atoms with Gasteiger partial charge in [-0.25, -0.2) is 0 Å². The summed E-state index contributed by atoms with van der Waals surface area (Å²) in [7, 11) is 3.08. The van der Waals surface area contributed by atoms with Crippen LogP contribution < -0.4 is 19.6 Å². The Balaban J connectivity index is 1.76. The summed E-state index contributed by atoms with van der Waals surface area (Å²) in [6.45, 7) is 0. The molecule has 4 aromatic rings. The van der Waals surface area contributed by atoms with Crippen LogP contribution in [0, 0.1) is 10.1 Å². The summed E-state index contributed by atoms with van der Waals surface area (Å²) in [5.41, 5.74) is 0.861. The van der Waals surface area contributed by atoms with Crippen LogP contribution in [0.1, 0.15) is 5.56 Å². The summed E-state index contributed by atoms with van der Waals surface area (Å²) in [6, 6.07) is 11.3. The maximum atomic E-state index is 12.7. The lowest BCUT2D eigenvalue weighted by molar-refractivity contribution is -0.384. The van der Waals surface area contributed by atoms with E-state index in [9.17, 15) is 14.9 Å². The zero-order valence-corrected chi connectivity index (χ0v) is 16.2. The number of rotatable bonds is 5. The number of hydrogen-bond donors (Lipinski definition) is 0. The topological polar surface area (TPSA) is 109 Å². The van der Waals surface area contributed by atoms with Crippen LogP contribution in [0.4, 0.5) is 5.69 Å². The van der Waals surface area contributed by atoms with Gasteiger partial charge >= 0.3 is 0 Å². The molecule has 0 saturated heterocycles. The van der Waals surface area contributed by atoms with Gasteiger partial charge in [-0.2, -0.15) is 9.50 Å². The Morgan fingerprint density at radius 3 is 2.62 bits per heavy atom. The third kappa shape index (κ3) is 3.41. The zero-order valence-electron chi connectivity index (χ0n) is 15.4. The highest BCUT2D eigenvalue weighted by Crippen LogP contribution is 2.31. The van der Waals surface area contributed by atoms with Gasteiger partial charge in [0.2, 0.25) is 4.96 Å². The maximum absolute atomic E-state index is 12.7. The van der Waals surface area contributed by atoms with E-state index in [2.05, 4.69) is 10.1 Å². The molecule has 0 fully saturated rings. The molecule has 0 bridgehead atoms. The Kier molecular flexibility index (Phi) is 4.69. The lowest BCUT2D eigenvalue weighted by Gasteiger charge is -2.07. The van der Waals surface area contributed by atoms with Gasteiger partial charge in [-0.3, -0.25) is 14.9 Å². The van der Waals surface area contributed by atoms with Gasteiger partial charge in [-0.05, 0) is 29.8 Å². The van der Waals surface area contributed by atoms with Crippen molar-refractivity contribution in [1.29, 1.82) is 0 Å². The Morgan fingerprint density at radius 1 is 1.14 bits per heavy atom. The largest absolute Gasteiger partial charge is 0.493 e. The summed E-state index contributed by atoms with van der Waals surface area (Å²) in [5, 5.41) is 15.2. The molecule has 0 aliphatic rings. The average molecular weight is 410 g/mol. The molecule has 10 heteroatoms. The quantitative estimate of drug-likeness (QED) is 0.367. The molecule has 0 unspecified atom stereocenters. The Hall–Kier alpha value is -3.79. The van der Waals surface area contributed by atoms with Crippen LogP contribution in [0.15, 0.2) is 47.3 Å².